The maximum atomic E-state index is 11.5. The third-order valence-corrected chi connectivity index (χ3v) is 3.28. The number of H-pyrrole nitrogens is 1. The van der Waals surface area contributed by atoms with E-state index in [0.717, 1.165) is 0 Å². The molecule has 0 aromatic carbocycles. The number of hydrogen-bond acceptors (Lipinski definition) is 5. The van der Waals surface area contributed by atoms with Crippen molar-refractivity contribution < 1.29 is 4.79 Å². The average molecular weight is 266 g/mol. The lowest BCUT2D eigenvalue weighted by Crippen LogP contribution is -2.31. The van der Waals surface area contributed by atoms with E-state index in [0.29, 0.717) is 10.4 Å². The van der Waals surface area contributed by atoms with Crippen molar-refractivity contribution >= 4 is 17.2 Å². The maximum absolute atomic E-state index is 11.5. The molecule has 1 amide bonds. The molecule has 2 aromatic rings. The number of carbonyl (C=O) groups is 1. The Morgan fingerprint density at radius 2 is 2.22 bits per heavy atom. The van der Waals surface area contributed by atoms with Crippen LogP contribution in [0.3, 0.4) is 0 Å². The first-order valence-electron chi connectivity index (χ1n) is 4.99. The molecule has 7 nitrogen and oxygen atoms in total. The van der Waals surface area contributed by atoms with Crippen molar-refractivity contribution in [2.75, 3.05) is 0 Å². The van der Waals surface area contributed by atoms with E-state index in [4.69, 9.17) is 5.84 Å². The highest BCUT2D eigenvalue weighted by molar-refractivity contribution is 7.12. The molecule has 0 radical (unpaired) electrons. The van der Waals surface area contributed by atoms with Crippen molar-refractivity contribution in [3.05, 3.63) is 55.0 Å². The quantitative estimate of drug-likeness (QED) is 0.385. The minimum absolute atomic E-state index is 0.196. The first-order chi connectivity index (χ1) is 8.61. The van der Waals surface area contributed by atoms with Crippen LogP contribution in [0.2, 0.25) is 0 Å². The van der Waals surface area contributed by atoms with E-state index in [1.807, 2.05) is 5.43 Å². The smallest absolute Gasteiger partial charge is 0.296 e. The zero-order valence-electron chi connectivity index (χ0n) is 9.17. The Labute approximate surface area is 105 Å². The summed E-state index contributed by atoms with van der Waals surface area (Å²) in [5, 5.41) is 1.73. The number of nitrogens with one attached hydrogen (secondary N) is 2. The molecule has 2 aromatic heterocycles. The monoisotopic (exact) mass is 266 g/mol. The molecule has 0 aliphatic rings. The van der Waals surface area contributed by atoms with Gasteiger partial charge in [0.15, 0.2) is 0 Å². The predicted octanol–water partition coefficient (Wildman–Crippen LogP) is -0.750. The number of amides is 1. The molecule has 2 heterocycles. The molecule has 0 aliphatic heterocycles. The summed E-state index contributed by atoms with van der Waals surface area (Å²) >= 11 is 1.23. The number of nitrogens with two attached hydrogens (primary N) is 1. The number of aromatic nitrogens is 2. The van der Waals surface area contributed by atoms with Gasteiger partial charge in [0.05, 0.1) is 11.4 Å². The molecule has 0 saturated heterocycles. The molecule has 8 heteroatoms. The minimum Gasteiger partial charge on any atom is -0.296 e. The average Bonchev–Trinajstić information content (AvgIpc) is 2.80. The minimum atomic E-state index is -0.521. The number of hydrogen-bond donors (Lipinski definition) is 3. The highest BCUT2D eigenvalue weighted by Crippen LogP contribution is 2.16. The zero-order valence-corrected chi connectivity index (χ0v) is 9.99. The maximum Gasteiger partial charge on any atom is 0.328 e. The Balaban J connectivity index is 2.35. The van der Waals surface area contributed by atoms with Crippen molar-refractivity contribution in [1.29, 1.82) is 0 Å². The molecule has 94 valence electrons. The molecule has 0 aliphatic carbocycles. The fourth-order valence-electron chi connectivity index (χ4n) is 1.48. The Kier molecular flexibility index (Phi) is 3.40. The summed E-state index contributed by atoms with van der Waals surface area (Å²) in [5.74, 6) is 4.66. The third kappa shape index (κ3) is 2.39. The van der Waals surface area contributed by atoms with Gasteiger partial charge >= 0.3 is 5.69 Å². The zero-order chi connectivity index (χ0) is 13.1. The first kappa shape index (κ1) is 12.3. The second-order valence-electron chi connectivity index (χ2n) is 3.49. The van der Waals surface area contributed by atoms with Gasteiger partial charge in [-0.15, -0.1) is 11.3 Å². The molecule has 0 saturated carbocycles. The molecule has 0 fully saturated rings. The molecular weight excluding hydrogens is 256 g/mol. The first-order valence-corrected chi connectivity index (χ1v) is 5.87. The number of thiophene rings is 1. The lowest BCUT2D eigenvalue weighted by molar-refractivity contribution is 0.0956. The summed E-state index contributed by atoms with van der Waals surface area (Å²) in [4.78, 5) is 36.5. The Bertz CT molecular complexity index is 685. The van der Waals surface area contributed by atoms with Crippen LogP contribution in [0.15, 0.2) is 33.3 Å². The van der Waals surface area contributed by atoms with Gasteiger partial charge in [0.25, 0.3) is 11.5 Å². The van der Waals surface area contributed by atoms with Crippen LogP contribution in [0.4, 0.5) is 0 Å². The van der Waals surface area contributed by atoms with E-state index < -0.39 is 17.2 Å². The lowest BCUT2D eigenvalue weighted by Gasteiger charge is -2.05. The number of nitrogens with zero attached hydrogens (tertiary/aromatic N) is 1. The van der Waals surface area contributed by atoms with Crippen molar-refractivity contribution in [1.82, 2.24) is 15.0 Å². The van der Waals surface area contributed by atoms with Crippen LogP contribution in [0.1, 0.15) is 15.2 Å². The summed E-state index contributed by atoms with van der Waals surface area (Å²) in [5.41, 5.74) is 1.73. The van der Waals surface area contributed by atoms with Crippen molar-refractivity contribution in [2.45, 2.75) is 6.54 Å². The number of aromatic amines is 1. The van der Waals surface area contributed by atoms with Crippen LogP contribution in [0, 0.1) is 0 Å². The van der Waals surface area contributed by atoms with Gasteiger partial charge in [-0.2, -0.15) is 0 Å². The third-order valence-electron chi connectivity index (χ3n) is 2.32. The number of hydrazine groups is 1. The normalized spacial score (nSPS) is 10.3. The molecule has 2 rings (SSSR count). The fourth-order valence-corrected chi connectivity index (χ4v) is 2.30. The van der Waals surface area contributed by atoms with Gasteiger partial charge in [-0.25, -0.2) is 10.6 Å². The van der Waals surface area contributed by atoms with Crippen LogP contribution in [0.25, 0.3) is 0 Å². The van der Waals surface area contributed by atoms with Crippen LogP contribution in [-0.2, 0) is 6.54 Å². The van der Waals surface area contributed by atoms with Gasteiger partial charge in [0, 0.05) is 12.3 Å². The van der Waals surface area contributed by atoms with Crippen molar-refractivity contribution in [3.63, 3.8) is 0 Å². The van der Waals surface area contributed by atoms with Crippen molar-refractivity contribution in [3.8, 4) is 0 Å². The lowest BCUT2D eigenvalue weighted by atomic mass is 10.2. The molecule has 0 spiro atoms. The number of nitrogen functional groups attached to an aromatic ring is 1. The topological polar surface area (TPSA) is 110 Å². The van der Waals surface area contributed by atoms with Crippen LogP contribution in [0.5, 0.6) is 0 Å². The van der Waals surface area contributed by atoms with Crippen LogP contribution in [-0.4, -0.2) is 15.5 Å². The Hall–Kier alpha value is -2.19. The summed E-state index contributed by atoms with van der Waals surface area (Å²) in [6, 6.07) is 2.98. The largest absolute Gasteiger partial charge is 0.328 e. The van der Waals surface area contributed by atoms with E-state index >= 15 is 0 Å². The standard InChI is InChI=1S/C10H10N4O3S/c11-13-9(16)8-6(2-4-18-8)5-14-3-1-7(15)12-10(14)17/h1-4H,5,11H2,(H,13,16)(H,12,15,17). The van der Waals surface area contributed by atoms with Gasteiger partial charge in [-0.05, 0) is 17.0 Å². The summed E-state index contributed by atoms with van der Waals surface area (Å²) in [6.07, 6.45) is 1.38. The van der Waals surface area contributed by atoms with E-state index in [1.165, 1.54) is 28.2 Å². The van der Waals surface area contributed by atoms with Gasteiger partial charge in [0.1, 0.15) is 0 Å². The highest BCUT2D eigenvalue weighted by Gasteiger charge is 2.12. The summed E-state index contributed by atoms with van der Waals surface area (Å²) in [6.45, 7) is 0.196. The number of carbonyl (C=O) groups excluding carboxylic acids is 1. The molecular formula is C10H10N4O3S. The fraction of sp³-hybridized carbons (Fsp3) is 0.100. The van der Waals surface area contributed by atoms with Gasteiger partial charge in [-0.1, -0.05) is 0 Å². The van der Waals surface area contributed by atoms with E-state index in [1.54, 1.807) is 11.4 Å². The van der Waals surface area contributed by atoms with Crippen LogP contribution >= 0.6 is 11.3 Å². The van der Waals surface area contributed by atoms with Crippen molar-refractivity contribution in [2.24, 2.45) is 5.84 Å². The SMILES string of the molecule is NNC(=O)c1sccc1Cn1ccc(=O)[nH]c1=O. The van der Waals surface area contributed by atoms with Gasteiger partial charge in [-0.3, -0.25) is 24.6 Å². The molecule has 0 bridgehead atoms. The summed E-state index contributed by atoms with van der Waals surface area (Å²) < 4.78 is 1.30. The second kappa shape index (κ2) is 4.98. The van der Waals surface area contributed by atoms with Crippen LogP contribution < -0.4 is 22.5 Å². The van der Waals surface area contributed by atoms with Gasteiger partial charge in [0.2, 0.25) is 0 Å². The van der Waals surface area contributed by atoms with Gasteiger partial charge < -0.3 is 0 Å². The van der Waals surface area contributed by atoms with E-state index in [9.17, 15) is 14.4 Å². The Morgan fingerprint density at radius 1 is 1.44 bits per heavy atom. The molecule has 0 atom stereocenters. The second-order valence-corrected chi connectivity index (χ2v) is 4.40. The number of rotatable bonds is 3. The molecule has 0 unspecified atom stereocenters. The Morgan fingerprint density at radius 3 is 2.89 bits per heavy atom. The molecule has 18 heavy (non-hydrogen) atoms. The predicted molar refractivity (Wildman–Crippen MR) is 66.4 cm³/mol. The van der Waals surface area contributed by atoms with E-state index in [2.05, 4.69) is 4.98 Å². The summed E-state index contributed by atoms with van der Waals surface area (Å²) in [7, 11) is 0. The van der Waals surface area contributed by atoms with E-state index in [-0.39, 0.29) is 6.54 Å². The molecule has 4 N–H and O–H groups in total. The highest BCUT2D eigenvalue weighted by atomic mass is 32.1.